The fraction of sp³-hybridized carbons (Fsp3) is 1.00. The van der Waals surface area contributed by atoms with Crippen LogP contribution in [0, 0.1) is 0 Å². The highest BCUT2D eigenvalue weighted by molar-refractivity contribution is 8.00. The first kappa shape index (κ1) is 6.78. The van der Waals surface area contributed by atoms with Crippen molar-refractivity contribution in [2.45, 2.75) is 6.10 Å². The van der Waals surface area contributed by atoms with Crippen LogP contribution in [-0.4, -0.2) is 27.4 Å². The smallest absolute Gasteiger partial charge is 0.327 e. The van der Waals surface area contributed by atoms with Crippen molar-refractivity contribution in [1.82, 2.24) is 0 Å². The highest BCUT2D eigenvalue weighted by atomic mass is 32.2. The molecule has 0 unspecified atom stereocenters. The van der Waals surface area contributed by atoms with E-state index in [9.17, 15) is 0 Å². The Kier molecular flexibility index (Phi) is 2.53. The Morgan fingerprint density at radius 1 is 1.50 bits per heavy atom. The Morgan fingerprint density at radius 3 is 2.25 bits per heavy atom. The van der Waals surface area contributed by atoms with Gasteiger partial charge in [0.1, 0.15) is 0 Å². The van der Waals surface area contributed by atoms with Gasteiger partial charge in [0.2, 0.25) is 0 Å². The molecule has 1 saturated heterocycles. The van der Waals surface area contributed by atoms with Gasteiger partial charge < -0.3 is 14.3 Å². The summed E-state index contributed by atoms with van der Waals surface area (Å²) in [5.74, 6) is 1.81. The van der Waals surface area contributed by atoms with Crippen LogP contribution in [0.15, 0.2) is 0 Å². The van der Waals surface area contributed by atoms with E-state index in [1.807, 2.05) is 0 Å². The normalized spacial score (nSPS) is 21.4. The predicted octanol–water partition coefficient (Wildman–Crippen LogP) is 0.330. The van der Waals surface area contributed by atoms with Gasteiger partial charge in [0.25, 0.3) is 0 Å². The molecule has 1 aliphatic rings. The van der Waals surface area contributed by atoms with E-state index in [0.29, 0.717) is 0 Å². The Labute approximate surface area is 53.0 Å². The van der Waals surface area contributed by atoms with Gasteiger partial charge in [0.15, 0.2) is 0 Å². The molecule has 1 heterocycles. The van der Waals surface area contributed by atoms with Crippen LogP contribution in [0.1, 0.15) is 0 Å². The Balaban J connectivity index is 2.01. The van der Waals surface area contributed by atoms with Crippen LogP contribution >= 0.6 is 20.4 Å². The van der Waals surface area contributed by atoms with Gasteiger partial charge >= 0.3 is 8.60 Å². The van der Waals surface area contributed by atoms with Crippen LogP contribution in [-0.2, 0) is 4.52 Å². The van der Waals surface area contributed by atoms with Gasteiger partial charge in [0.05, 0.1) is 6.10 Å². The molecule has 0 saturated carbocycles. The molecule has 1 fully saturated rings. The van der Waals surface area contributed by atoms with Crippen molar-refractivity contribution in [1.29, 1.82) is 0 Å². The maximum absolute atomic E-state index is 8.28. The SMILES string of the molecule is OP(O)OC1CSC1. The van der Waals surface area contributed by atoms with E-state index in [-0.39, 0.29) is 6.10 Å². The van der Waals surface area contributed by atoms with Gasteiger partial charge in [-0.25, -0.2) is 0 Å². The molecular weight excluding hydrogens is 147 g/mol. The minimum atomic E-state index is -2.11. The molecule has 0 spiro atoms. The largest absolute Gasteiger partial charge is 0.328 e. The van der Waals surface area contributed by atoms with Gasteiger partial charge in [-0.15, -0.1) is 0 Å². The van der Waals surface area contributed by atoms with Crippen molar-refractivity contribution in [3.8, 4) is 0 Å². The molecule has 2 N–H and O–H groups in total. The third-order valence-corrected chi connectivity index (χ3v) is 2.55. The topological polar surface area (TPSA) is 49.7 Å². The van der Waals surface area contributed by atoms with E-state index in [1.54, 1.807) is 11.8 Å². The third kappa shape index (κ3) is 1.88. The molecule has 0 aromatic carbocycles. The minimum absolute atomic E-state index is 0.0983. The fourth-order valence-electron chi connectivity index (χ4n) is 0.408. The molecule has 0 amide bonds. The Morgan fingerprint density at radius 2 is 2.12 bits per heavy atom. The quantitative estimate of drug-likeness (QED) is 0.563. The summed E-state index contributed by atoms with van der Waals surface area (Å²) < 4.78 is 4.64. The monoisotopic (exact) mass is 154 g/mol. The maximum atomic E-state index is 8.28. The van der Waals surface area contributed by atoms with Gasteiger partial charge in [-0.3, -0.25) is 0 Å². The summed E-state index contributed by atoms with van der Waals surface area (Å²) in [4.78, 5) is 16.6. The molecule has 0 aromatic rings. The van der Waals surface area contributed by atoms with E-state index >= 15 is 0 Å². The van der Waals surface area contributed by atoms with Crippen LogP contribution in [0.25, 0.3) is 0 Å². The van der Waals surface area contributed by atoms with Crippen molar-refractivity contribution >= 4 is 20.4 Å². The second-order valence-corrected chi connectivity index (χ2v) is 3.31. The van der Waals surface area contributed by atoms with Crippen molar-refractivity contribution < 1.29 is 14.3 Å². The number of hydrogen-bond acceptors (Lipinski definition) is 4. The molecule has 8 heavy (non-hydrogen) atoms. The van der Waals surface area contributed by atoms with E-state index in [2.05, 4.69) is 4.52 Å². The number of hydrogen-bond donors (Lipinski definition) is 2. The number of thioether (sulfide) groups is 1. The molecule has 48 valence electrons. The molecule has 3 nitrogen and oxygen atoms in total. The summed E-state index contributed by atoms with van der Waals surface area (Å²) in [6, 6.07) is 0. The van der Waals surface area contributed by atoms with E-state index in [1.165, 1.54) is 0 Å². The van der Waals surface area contributed by atoms with Gasteiger partial charge in [-0.2, -0.15) is 11.8 Å². The molecule has 0 radical (unpaired) electrons. The van der Waals surface area contributed by atoms with Crippen LogP contribution in [0.2, 0.25) is 0 Å². The Bertz CT molecular complexity index is 74.9. The zero-order valence-corrected chi connectivity index (χ0v) is 5.86. The summed E-state index contributed by atoms with van der Waals surface area (Å²) in [5, 5.41) is 0. The standard InChI is InChI=1S/C3H7O3PS/c4-7(5)6-3-1-8-2-3/h3-5H,1-2H2. The molecule has 0 aromatic heterocycles. The molecule has 0 bridgehead atoms. The first-order chi connectivity index (χ1) is 3.79. The fourth-order valence-corrected chi connectivity index (χ4v) is 1.59. The summed E-state index contributed by atoms with van der Waals surface area (Å²) >= 11 is 1.75. The Hall–Kier alpha value is 0.660. The second-order valence-electron chi connectivity index (χ2n) is 1.52. The summed E-state index contributed by atoms with van der Waals surface area (Å²) in [7, 11) is -2.11. The molecule has 1 aliphatic heterocycles. The molecule has 1 rings (SSSR count). The second kappa shape index (κ2) is 2.99. The van der Waals surface area contributed by atoms with Crippen LogP contribution in [0.4, 0.5) is 0 Å². The van der Waals surface area contributed by atoms with E-state index in [0.717, 1.165) is 11.5 Å². The maximum Gasteiger partial charge on any atom is 0.327 e. The van der Waals surface area contributed by atoms with E-state index in [4.69, 9.17) is 9.79 Å². The number of rotatable bonds is 2. The molecular formula is C3H7O3PS. The zero-order chi connectivity index (χ0) is 5.98. The summed E-state index contributed by atoms with van der Waals surface area (Å²) in [5.41, 5.74) is 0. The molecule has 0 atom stereocenters. The average molecular weight is 154 g/mol. The minimum Gasteiger partial charge on any atom is -0.328 e. The van der Waals surface area contributed by atoms with Gasteiger partial charge in [-0.1, -0.05) is 0 Å². The summed E-state index contributed by atoms with van der Waals surface area (Å²) in [6.45, 7) is 0. The first-order valence-electron chi connectivity index (χ1n) is 2.21. The van der Waals surface area contributed by atoms with Crippen LogP contribution in [0.5, 0.6) is 0 Å². The lowest BCUT2D eigenvalue weighted by molar-refractivity contribution is 0.200. The molecule has 5 heteroatoms. The van der Waals surface area contributed by atoms with Gasteiger partial charge in [0, 0.05) is 11.5 Å². The lowest BCUT2D eigenvalue weighted by Crippen LogP contribution is -2.25. The van der Waals surface area contributed by atoms with Gasteiger partial charge in [-0.05, 0) is 0 Å². The lowest BCUT2D eigenvalue weighted by Gasteiger charge is -2.24. The average Bonchev–Trinajstić information content (AvgIpc) is 1.55. The zero-order valence-electron chi connectivity index (χ0n) is 4.15. The van der Waals surface area contributed by atoms with Crippen molar-refractivity contribution in [3.05, 3.63) is 0 Å². The van der Waals surface area contributed by atoms with Crippen molar-refractivity contribution in [2.24, 2.45) is 0 Å². The first-order valence-corrected chi connectivity index (χ1v) is 4.53. The highest BCUT2D eigenvalue weighted by Gasteiger charge is 2.21. The third-order valence-electron chi connectivity index (χ3n) is 0.851. The summed E-state index contributed by atoms with van der Waals surface area (Å²) in [6.07, 6.45) is 0.0983. The van der Waals surface area contributed by atoms with Crippen molar-refractivity contribution in [3.63, 3.8) is 0 Å². The van der Waals surface area contributed by atoms with Crippen LogP contribution in [0.3, 0.4) is 0 Å². The molecule has 0 aliphatic carbocycles. The predicted molar refractivity (Wildman–Crippen MR) is 33.6 cm³/mol. The lowest BCUT2D eigenvalue weighted by atomic mass is 10.5. The van der Waals surface area contributed by atoms with E-state index < -0.39 is 8.60 Å². The highest BCUT2D eigenvalue weighted by Crippen LogP contribution is 2.33. The van der Waals surface area contributed by atoms with Crippen LogP contribution < -0.4 is 0 Å². The van der Waals surface area contributed by atoms with Crippen molar-refractivity contribution in [2.75, 3.05) is 11.5 Å².